The fourth-order valence-electron chi connectivity index (χ4n) is 3.61. The molecule has 0 heterocycles. The van der Waals surface area contributed by atoms with E-state index in [9.17, 15) is 4.79 Å². The van der Waals surface area contributed by atoms with E-state index in [1.165, 1.54) is 22.9 Å². The SMILES string of the molecule is O=C(COCc1ccccc1)c1cc2c(c3ccccc13)CCC2. The zero-order valence-corrected chi connectivity index (χ0v) is 13.6. The first-order valence-corrected chi connectivity index (χ1v) is 8.51. The molecular formula is C22H20O2. The lowest BCUT2D eigenvalue weighted by Crippen LogP contribution is -2.10. The average molecular weight is 316 g/mol. The van der Waals surface area contributed by atoms with Crippen molar-refractivity contribution in [3.05, 3.63) is 82.9 Å². The molecule has 1 aliphatic rings. The third-order valence-corrected chi connectivity index (χ3v) is 4.77. The van der Waals surface area contributed by atoms with Crippen LogP contribution in [0.15, 0.2) is 60.7 Å². The molecule has 0 saturated heterocycles. The van der Waals surface area contributed by atoms with Crippen molar-refractivity contribution in [2.24, 2.45) is 0 Å². The molecule has 0 unspecified atom stereocenters. The minimum Gasteiger partial charge on any atom is -0.369 e. The number of carbonyl (C=O) groups excluding carboxylic acids is 1. The molecule has 0 bridgehead atoms. The minimum absolute atomic E-state index is 0.0665. The molecule has 0 radical (unpaired) electrons. The fourth-order valence-corrected chi connectivity index (χ4v) is 3.61. The normalized spacial score (nSPS) is 13.2. The van der Waals surface area contributed by atoms with E-state index in [-0.39, 0.29) is 12.4 Å². The molecule has 0 fully saturated rings. The number of fused-ring (bicyclic) bond motifs is 3. The lowest BCUT2D eigenvalue weighted by Gasteiger charge is -2.11. The van der Waals surface area contributed by atoms with Gasteiger partial charge in [0.2, 0.25) is 0 Å². The van der Waals surface area contributed by atoms with E-state index in [0.29, 0.717) is 6.61 Å². The van der Waals surface area contributed by atoms with Gasteiger partial charge in [-0.05, 0) is 52.8 Å². The van der Waals surface area contributed by atoms with Gasteiger partial charge in [0.05, 0.1) is 6.61 Å². The van der Waals surface area contributed by atoms with Crippen molar-refractivity contribution < 1.29 is 9.53 Å². The number of aryl methyl sites for hydroxylation is 2. The Morgan fingerprint density at radius 3 is 2.50 bits per heavy atom. The summed E-state index contributed by atoms with van der Waals surface area (Å²) >= 11 is 0. The van der Waals surface area contributed by atoms with Gasteiger partial charge in [0.25, 0.3) is 0 Å². The maximum Gasteiger partial charge on any atom is 0.189 e. The Morgan fingerprint density at radius 1 is 0.917 bits per heavy atom. The molecular weight excluding hydrogens is 296 g/mol. The molecule has 120 valence electrons. The highest BCUT2D eigenvalue weighted by atomic mass is 16.5. The Hall–Kier alpha value is -2.45. The van der Waals surface area contributed by atoms with Crippen molar-refractivity contribution in [3.8, 4) is 0 Å². The summed E-state index contributed by atoms with van der Waals surface area (Å²) in [6.07, 6.45) is 3.38. The van der Waals surface area contributed by atoms with E-state index in [2.05, 4.69) is 24.3 Å². The van der Waals surface area contributed by atoms with Crippen LogP contribution in [0.2, 0.25) is 0 Å². The molecule has 24 heavy (non-hydrogen) atoms. The number of hydrogen-bond acceptors (Lipinski definition) is 2. The summed E-state index contributed by atoms with van der Waals surface area (Å²) in [6.45, 7) is 0.590. The van der Waals surface area contributed by atoms with Crippen molar-refractivity contribution in [1.29, 1.82) is 0 Å². The molecule has 4 rings (SSSR count). The minimum atomic E-state index is 0.0665. The summed E-state index contributed by atoms with van der Waals surface area (Å²) in [7, 11) is 0. The maximum absolute atomic E-state index is 12.7. The lowest BCUT2D eigenvalue weighted by molar-refractivity contribution is 0.0728. The molecule has 2 heteroatoms. The van der Waals surface area contributed by atoms with Crippen LogP contribution in [-0.4, -0.2) is 12.4 Å². The van der Waals surface area contributed by atoms with Gasteiger partial charge in [-0.1, -0.05) is 54.6 Å². The molecule has 3 aromatic rings. The number of Topliss-reactive ketones (excluding diaryl/α,β-unsaturated/α-hetero) is 1. The molecule has 0 atom stereocenters. The highest BCUT2D eigenvalue weighted by Gasteiger charge is 2.19. The predicted molar refractivity (Wildman–Crippen MR) is 96.4 cm³/mol. The van der Waals surface area contributed by atoms with Crippen molar-refractivity contribution in [2.75, 3.05) is 6.61 Å². The van der Waals surface area contributed by atoms with Crippen molar-refractivity contribution in [1.82, 2.24) is 0 Å². The highest BCUT2D eigenvalue weighted by molar-refractivity contribution is 6.10. The van der Waals surface area contributed by atoms with Crippen molar-refractivity contribution in [3.63, 3.8) is 0 Å². The quantitative estimate of drug-likeness (QED) is 0.636. The summed E-state index contributed by atoms with van der Waals surface area (Å²) in [5.74, 6) is 0.0665. The summed E-state index contributed by atoms with van der Waals surface area (Å²) in [5.41, 5.74) is 4.65. The average Bonchev–Trinajstić information content (AvgIpc) is 3.11. The largest absolute Gasteiger partial charge is 0.369 e. The van der Waals surface area contributed by atoms with Gasteiger partial charge in [-0.25, -0.2) is 0 Å². The number of benzene rings is 3. The topological polar surface area (TPSA) is 26.3 Å². The van der Waals surface area contributed by atoms with Gasteiger partial charge in [0.1, 0.15) is 6.61 Å². The van der Waals surface area contributed by atoms with Crippen LogP contribution in [0.4, 0.5) is 0 Å². The molecule has 3 aromatic carbocycles. The Balaban J connectivity index is 1.57. The molecule has 0 spiro atoms. The second-order valence-corrected chi connectivity index (χ2v) is 6.36. The summed E-state index contributed by atoms with van der Waals surface area (Å²) < 4.78 is 5.65. The molecule has 0 aromatic heterocycles. The number of ketones is 1. The Kier molecular flexibility index (Phi) is 4.14. The van der Waals surface area contributed by atoms with E-state index in [0.717, 1.165) is 29.4 Å². The predicted octanol–water partition coefficient (Wildman–Crippen LogP) is 4.73. The first-order valence-electron chi connectivity index (χ1n) is 8.51. The van der Waals surface area contributed by atoms with Crippen LogP contribution >= 0.6 is 0 Å². The Bertz CT molecular complexity index is 881. The summed E-state index contributed by atoms with van der Waals surface area (Å²) in [6, 6.07) is 20.3. The van der Waals surface area contributed by atoms with Crippen molar-refractivity contribution >= 4 is 16.6 Å². The second kappa shape index (κ2) is 6.58. The number of carbonyl (C=O) groups is 1. The van der Waals surface area contributed by atoms with E-state index in [1.54, 1.807) is 0 Å². The summed E-state index contributed by atoms with van der Waals surface area (Å²) in [4.78, 5) is 12.7. The van der Waals surface area contributed by atoms with Crippen LogP contribution < -0.4 is 0 Å². The smallest absolute Gasteiger partial charge is 0.189 e. The number of rotatable bonds is 5. The second-order valence-electron chi connectivity index (χ2n) is 6.36. The van der Waals surface area contributed by atoms with Crippen LogP contribution in [-0.2, 0) is 24.2 Å². The van der Waals surface area contributed by atoms with Crippen LogP contribution in [0.25, 0.3) is 10.8 Å². The fraction of sp³-hybridized carbons (Fsp3) is 0.227. The van der Waals surface area contributed by atoms with Crippen LogP contribution in [0, 0.1) is 0 Å². The van der Waals surface area contributed by atoms with Crippen LogP contribution in [0.1, 0.15) is 33.5 Å². The van der Waals surface area contributed by atoms with Gasteiger partial charge in [-0.3, -0.25) is 4.79 Å². The van der Waals surface area contributed by atoms with E-state index < -0.39 is 0 Å². The molecule has 0 amide bonds. The molecule has 0 saturated carbocycles. The molecule has 1 aliphatic carbocycles. The van der Waals surface area contributed by atoms with Gasteiger partial charge in [0, 0.05) is 5.56 Å². The number of ether oxygens (including phenoxy) is 1. The third-order valence-electron chi connectivity index (χ3n) is 4.77. The zero-order chi connectivity index (χ0) is 16.4. The van der Waals surface area contributed by atoms with Gasteiger partial charge < -0.3 is 4.74 Å². The van der Waals surface area contributed by atoms with Crippen molar-refractivity contribution in [2.45, 2.75) is 25.9 Å². The van der Waals surface area contributed by atoms with Gasteiger partial charge in [0.15, 0.2) is 5.78 Å². The van der Waals surface area contributed by atoms with E-state index >= 15 is 0 Å². The van der Waals surface area contributed by atoms with E-state index in [4.69, 9.17) is 4.74 Å². The zero-order valence-electron chi connectivity index (χ0n) is 13.6. The lowest BCUT2D eigenvalue weighted by atomic mass is 9.94. The monoisotopic (exact) mass is 316 g/mol. The molecule has 0 N–H and O–H groups in total. The van der Waals surface area contributed by atoms with Crippen LogP contribution in [0.5, 0.6) is 0 Å². The van der Waals surface area contributed by atoms with Crippen LogP contribution in [0.3, 0.4) is 0 Å². The maximum atomic E-state index is 12.7. The standard InChI is InChI=1S/C22H20O2/c23-22(15-24-14-16-7-2-1-3-8-16)21-13-17-9-6-12-18(17)19-10-4-5-11-20(19)21/h1-5,7-8,10-11,13H,6,9,12,14-15H2. The van der Waals surface area contributed by atoms with Gasteiger partial charge in [-0.15, -0.1) is 0 Å². The summed E-state index contributed by atoms with van der Waals surface area (Å²) in [5, 5.41) is 2.30. The number of hydrogen-bond donors (Lipinski definition) is 0. The Morgan fingerprint density at radius 2 is 1.67 bits per heavy atom. The van der Waals surface area contributed by atoms with E-state index in [1.807, 2.05) is 36.4 Å². The Labute approximate surface area is 142 Å². The highest BCUT2D eigenvalue weighted by Crippen LogP contribution is 2.32. The van der Waals surface area contributed by atoms with Gasteiger partial charge in [-0.2, -0.15) is 0 Å². The first-order chi connectivity index (χ1) is 11.8. The molecule has 2 nitrogen and oxygen atoms in total. The van der Waals surface area contributed by atoms with Gasteiger partial charge >= 0.3 is 0 Å². The first kappa shape index (κ1) is 15.1. The third kappa shape index (κ3) is 2.85. The molecule has 0 aliphatic heterocycles.